The summed E-state index contributed by atoms with van der Waals surface area (Å²) in [4.78, 5) is 11.8. The highest BCUT2D eigenvalue weighted by Gasteiger charge is 2.61. The Hall–Kier alpha value is -0.530. The van der Waals surface area contributed by atoms with Gasteiger partial charge < -0.3 is 4.74 Å². The third kappa shape index (κ3) is 2.38. The molecule has 0 amide bonds. The van der Waals surface area contributed by atoms with Gasteiger partial charge in [0.2, 0.25) is 0 Å². The lowest BCUT2D eigenvalue weighted by Gasteiger charge is -2.61. The number of rotatable bonds is 1. The molecule has 0 aromatic rings. The molecule has 0 radical (unpaired) electrons. The Labute approximate surface area is 141 Å². The van der Waals surface area contributed by atoms with Crippen molar-refractivity contribution in [2.45, 2.75) is 91.1 Å². The second-order valence-electron chi connectivity index (χ2n) is 9.72. The molecule has 0 spiro atoms. The average molecular weight is 319 g/mol. The molecule has 0 aliphatic heterocycles. The summed E-state index contributed by atoms with van der Waals surface area (Å²) in [5.41, 5.74) is 0.852. The normalized spacial score (nSPS) is 52.2. The van der Waals surface area contributed by atoms with Gasteiger partial charge in [-0.2, -0.15) is 0 Å². The van der Waals surface area contributed by atoms with Gasteiger partial charge in [-0.1, -0.05) is 33.1 Å². The second kappa shape index (κ2) is 5.49. The third-order valence-electron chi connectivity index (χ3n) is 8.58. The average Bonchev–Trinajstić information content (AvgIpc) is 2.86. The van der Waals surface area contributed by atoms with Crippen LogP contribution in [-0.4, -0.2) is 12.1 Å². The molecular formula is C21H34O2. The quantitative estimate of drug-likeness (QED) is 0.609. The minimum atomic E-state index is -0.0599. The summed E-state index contributed by atoms with van der Waals surface area (Å²) in [5, 5.41) is 0. The zero-order valence-electron chi connectivity index (χ0n) is 15.3. The molecule has 130 valence electrons. The van der Waals surface area contributed by atoms with Gasteiger partial charge in [0.15, 0.2) is 0 Å². The number of carbonyl (C=O) groups excluding carboxylic acids is 1. The van der Waals surface area contributed by atoms with E-state index in [9.17, 15) is 4.79 Å². The van der Waals surface area contributed by atoms with Gasteiger partial charge >= 0.3 is 5.97 Å². The van der Waals surface area contributed by atoms with Crippen molar-refractivity contribution in [1.82, 2.24) is 0 Å². The Morgan fingerprint density at radius 3 is 2.61 bits per heavy atom. The van der Waals surface area contributed by atoms with E-state index < -0.39 is 0 Å². The van der Waals surface area contributed by atoms with Gasteiger partial charge in [0.1, 0.15) is 6.10 Å². The molecule has 0 heterocycles. The van der Waals surface area contributed by atoms with Gasteiger partial charge in [-0.25, -0.2) is 0 Å². The predicted octanol–water partition coefficient (Wildman–Crippen LogP) is 5.35. The second-order valence-corrected chi connectivity index (χ2v) is 9.72. The minimum absolute atomic E-state index is 0.0599. The van der Waals surface area contributed by atoms with E-state index in [0.717, 1.165) is 24.2 Å². The van der Waals surface area contributed by atoms with Gasteiger partial charge in [-0.05, 0) is 73.5 Å². The summed E-state index contributed by atoms with van der Waals surface area (Å²) < 4.78 is 6.01. The first-order valence-corrected chi connectivity index (χ1v) is 10.1. The zero-order chi connectivity index (χ0) is 16.2. The van der Waals surface area contributed by atoms with Crippen LogP contribution in [0.2, 0.25) is 0 Å². The number of hydrogen-bond acceptors (Lipinski definition) is 2. The number of fused-ring (bicyclic) bond motifs is 5. The Morgan fingerprint density at radius 1 is 1.00 bits per heavy atom. The third-order valence-corrected chi connectivity index (χ3v) is 8.58. The van der Waals surface area contributed by atoms with E-state index in [1.807, 2.05) is 0 Å². The predicted molar refractivity (Wildman–Crippen MR) is 91.9 cm³/mol. The fourth-order valence-corrected chi connectivity index (χ4v) is 7.72. The number of ether oxygens (including phenoxy) is 1. The molecule has 4 rings (SSSR count). The maximum absolute atomic E-state index is 11.8. The molecule has 0 bridgehead atoms. The van der Waals surface area contributed by atoms with Crippen LogP contribution < -0.4 is 0 Å². The van der Waals surface area contributed by atoms with Crippen LogP contribution in [-0.2, 0) is 9.53 Å². The highest BCUT2D eigenvalue weighted by atomic mass is 16.5. The van der Waals surface area contributed by atoms with E-state index in [4.69, 9.17) is 4.74 Å². The van der Waals surface area contributed by atoms with Crippen molar-refractivity contribution in [1.29, 1.82) is 0 Å². The van der Waals surface area contributed by atoms with Crippen LogP contribution in [0.25, 0.3) is 0 Å². The summed E-state index contributed by atoms with van der Waals surface area (Å²) >= 11 is 0. The number of hydrogen-bond donors (Lipinski definition) is 0. The highest BCUT2D eigenvalue weighted by Crippen LogP contribution is 2.66. The lowest BCUT2D eigenvalue weighted by Crippen LogP contribution is -2.58. The standard InChI is InChI=1S/C21H34O2/c1-14(22)23-18-13-20(2)11-6-8-17(20)16-10-9-15-7-4-5-12-21(15,3)19(16)18/h15-19H,4-13H2,1-3H3. The van der Waals surface area contributed by atoms with E-state index in [2.05, 4.69) is 13.8 Å². The van der Waals surface area contributed by atoms with Gasteiger partial charge in [0.25, 0.3) is 0 Å². The first kappa shape index (κ1) is 16.0. The van der Waals surface area contributed by atoms with Crippen molar-refractivity contribution in [3.63, 3.8) is 0 Å². The van der Waals surface area contributed by atoms with Crippen molar-refractivity contribution < 1.29 is 9.53 Å². The molecule has 0 saturated heterocycles. The maximum atomic E-state index is 11.8. The molecule has 4 saturated carbocycles. The summed E-state index contributed by atoms with van der Waals surface area (Å²) in [7, 11) is 0. The lowest BCUT2D eigenvalue weighted by atomic mass is 9.44. The largest absolute Gasteiger partial charge is 0.462 e. The molecule has 4 aliphatic carbocycles. The van der Waals surface area contributed by atoms with Crippen LogP contribution in [0.3, 0.4) is 0 Å². The van der Waals surface area contributed by atoms with Crippen LogP contribution in [0, 0.1) is 34.5 Å². The SMILES string of the molecule is CC(=O)OC1CC2(C)CCCC2C2CCC3CCCCC3(C)C12. The molecular weight excluding hydrogens is 284 g/mol. The van der Waals surface area contributed by atoms with Crippen LogP contribution >= 0.6 is 0 Å². The lowest BCUT2D eigenvalue weighted by molar-refractivity contribution is -0.189. The Kier molecular flexibility index (Phi) is 3.81. The minimum Gasteiger partial charge on any atom is -0.462 e. The van der Waals surface area contributed by atoms with Gasteiger partial charge in [0.05, 0.1) is 0 Å². The fourth-order valence-electron chi connectivity index (χ4n) is 7.72. The van der Waals surface area contributed by atoms with Crippen molar-refractivity contribution in [3.05, 3.63) is 0 Å². The fraction of sp³-hybridized carbons (Fsp3) is 0.952. The first-order chi connectivity index (χ1) is 10.9. The summed E-state index contributed by atoms with van der Waals surface area (Å²) in [5.74, 6) is 3.14. The van der Waals surface area contributed by atoms with Gasteiger partial charge in [-0.15, -0.1) is 0 Å². The van der Waals surface area contributed by atoms with Crippen molar-refractivity contribution >= 4 is 5.97 Å². The molecule has 4 aliphatic rings. The molecule has 23 heavy (non-hydrogen) atoms. The molecule has 4 fully saturated rings. The smallest absolute Gasteiger partial charge is 0.302 e. The van der Waals surface area contributed by atoms with Crippen LogP contribution in [0.4, 0.5) is 0 Å². The van der Waals surface area contributed by atoms with Crippen molar-refractivity contribution in [2.24, 2.45) is 34.5 Å². The van der Waals surface area contributed by atoms with Gasteiger partial charge in [0, 0.05) is 12.8 Å². The number of esters is 1. The van der Waals surface area contributed by atoms with E-state index in [1.54, 1.807) is 6.92 Å². The van der Waals surface area contributed by atoms with Crippen molar-refractivity contribution in [2.75, 3.05) is 0 Å². The topological polar surface area (TPSA) is 26.3 Å². The molecule has 0 N–H and O–H groups in total. The first-order valence-electron chi connectivity index (χ1n) is 10.1. The van der Waals surface area contributed by atoms with Crippen LogP contribution in [0.5, 0.6) is 0 Å². The zero-order valence-corrected chi connectivity index (χ0v) is 15.3. The number of carbonyl (C=O) groups is 1. The summed E-state index contributed by atoms with van der Waals surface area (Å²) in [6.45, 7) is 6.66. The Balaban J connectivity index is 1.71. The Morgan fingerprint density at radius 2 is 1.83 bits per heavy atom. The van der Waals surface area contributed by atoms with E-state index in [1.165, 1.54) is 57.8 Å². The molecule has 2 heteroatoms. The summed E-state index contributed by atoms with van der Waals surface area (Å²) in [6, 6.07) is 0. The maximum Gasteiger partial charge on any atom is 0.302 e. The molecule has 0 aromatic heterocycles. The molecule has 7 atom stereocenters. The Bertz CT molecular complexity index is 486. The highest BCUT2D eigenvalue weighted by molar-refractivity contribution is 5.66. The van der Waals surface area contributed by atoms with Gasteiger partial charge in [-0.3, -0.25) is 4.79 Å². The van der Waals surface area contributed by atoms with Crippen LogP contribution in [0.1, 0.15) is 85.0 Å². The van der Waals surface area contributed by atoms with E-state index in [-0.39, 0.29) is 12.1 Å². The molecule has 7 unspecified atom stereocenters. The van der Waals surface area contributed by atoms with Crippen LogP contribution in [0.15, 0.2) is 0 Å². The molecule has 0 aromatic carbocycles. The van der Waals surface area contributed by atoms with Crippen molar-refractivity contribution in [3.8, 4) is 0 Å². The van der Waals surface area contributed by atoms with E-state index in [0.29, 0.717) is 16.7 Å². The molecule has 2 nitrogen and oxygen atoms in total. The van der Waals surface area contributed by atoms with E-state index >= 15 is 0 Å². The summed E-state index contributed by atoms with van der Waals surface area (Å²) in [6.07, 6.45) is 13.8. The monoisotopic (exact) mass is 318 g/mol.